The lowest BCUT2D eigenvalue weighted by molar-refractivity contribution is -0.113. The molecule has 0 radical (unpaired) electrons. The lowest BCUT2D eigenvalue weighted by Crippen LogP contribution is -2.58. The van der Waals surface area contributed by atoms with E-state index in [-0.39, 0.29) is 5.91 Å². The van der Waals surface area contributed by atoms with Crippen molar-refractivity contribution in [2.45, 2.75) is 12.5 Å². The molecule has 0 saturated carbocycles. The van der Waals surface area contributed by atoms with Gasteiger partial charge < -0.3 is 19.7 Å². The zero-order valence-corrected chi connectivity index (χ0v) is 22.1. The van der Waals surface area contributed by atoms with E-state index in [0.717, 1.165) is 33.4 Å². The van der Waals surface area contributed by atoms with Gasteiger partial charge in [0, 0.05) is 47.6 Å². The van der Waals surface area contributed by atoms with Crippen molar-refractivity contribution >= 4 is 28.3 Å². The monoisotopic (exact) mass is 542 g/mol. The van der Waals surface area contributed by atoms with Gasteiger partial charge in [-0.3, -0.25) is 9.89 Å². The molecule has 6 rings (SSSR count). The van der Waals surface area contributed by atoms with Crippen molar-refractivity contribution in [3.63, 3.8) is 0 Å². The fourth-order valence-electron chi connectivity index (χ4n) is 4.79. The third-order valence-corrected chi connectivity index (χ3v) is 6.91. The summed E-state index contributed by atoms with van der Waals surface area (Å²) >= 11 is 0. The van der Waals surface area contributed by atoms with Crippen molar-refractivity contribution < 1.29 is 13.6 Å². The summed E-state index contributed by atoms with van der Waals surface area (Å²) in [7, 11) is 3.90. The van der Waals surface area contributed by atoms with Gasteiger partial charge in [0.05, 0.1) is 18.8 Å². The van der Waals surface area contributed by atoms with Crippen LogP contribution in [0.25, 0.3) is 33.5 Å². The van der Waals surface area contributed by atoms with Crippen molar-refractivity contribution in [1.82, 2.24) is 34.5 Å². The van der Waals surface area contributed by atoms with Crippen LogP contribution in [0.3, 0.4) is 0 Å². The lowest BCUT2D eigenvalue weighted by atomic mass is 10.1. The Hall–Kier alpha value is -4.64. The number of alkyl halides is 2. The summed E-state index contributed by atoms with van der Waals surface area (Å²) in [6.07, 6.45) is 3.41. The van der Waals surface area contributed by atoms with Gasteiger partial charge in [0.1, 0.15) is 11.5 Å². The smallest absolute Gasteiger partial charge is 0.282 e. The Morgan fingerprint density at radius 3 is 2.50 bits per heavy atom. The molecular weight excluding hydrogens is 514 g/mol. The number of nitrogens with one attached hydrogen (secondary N) is 2. The van der Waals surface area contributed by atoms with Crippen LogP contribution in [0.2, 0.25) is 0 Å². The fraction of sp³-hybridized carbons (Fsp3) is 0.241. The first-order valence-corrected chi connectivity index (χ1v) is 12.9. The normalized spacial score (nSPS) is 14.5. The summed E-state index contributed by atoms with van der Waals surface area (Å²) in [6, 6.07) is 19.2. The van der Waals surface area contributed by atoms with Gasteiger partial charge >= 0.3 is 0 Å². The van der Waals surface area contributed by atoms with E-state index >= 15 is 0 Å². The second kappa shape index (κ2) is 10.2. The maximum Gasteiger partial charge on any atom is 0.282 e. The van der Waals surface area contributed by atoms with Crippen molar-refractivity contribution in [3.8, 4) is 22.6 Å². The first-order valence-electron chi connectivity index (χ1n) is 12.9. The van der Waals surface area contributed by atoms with E-state index in [1.807, 2.05) is 72.1 Å². The zero-order valence-electron chi connectivity index (χ0n) is 22.1. The molecule has 1 aliphatic rings. The molecule has 1 amide bonds. The standard InChI is InChI=1S/C29H28F2N8O/c1-37(2)13-14-39-24-16-21(4-3-20(24)15-25(39)28(40)38-17-29(30,31)18-38)27-32-11-10-26(35-27)34-22-7-5-19(6-8-22)23-9-12-33-36-23/h3-12,15-16H,13-14,17-18H2,1-2H3,(H,33,36)(H,32,34,35). The van der Waals surface area contributed by atoms with Gasteiger partial charge in [-0.2, -0.15) is 5.10 Å². The van der Waals surface area contributed by atoms with Crippen LogP contribution in [0, 0.1) is 0 Å². The summed E-state index contributed by atoms with van der Waals surface area (Å²) < 4.78 is 28.9. The zero-order chi connectivity index (χ0) is 27.9. The van der Waals surface area contributed by atoms with Crippen LogP contribution in [0.1, 0.15) is 10.5 Å². The first kappa shape index (κ1) is 25.6. The quantitative estimate of drug-likeness (QED) is 0.290. The van der Waals surface area contributed by atoms with Gasteiger partial charge in [0.25, 0.3) is 11.8 Å². The number of likely N-dealkylation sites (N-methyl/N-ethyl adjacent to an activating group) is 1. The van der Waals surface area contributed by atoms with Gasteiger partial charge in [0.2, 0.25) is 0 Å². The van der Waals surface area contributed by atoms with Crippen LogP contribution < -0.4 is 5.32 Å². The van der Waals surface area contributed by atoms with Crippen LogP contribution in [0.4, 0.5) is 20.3 Å². The summed E-state index contributed by atoms with van der Waals surface area (Å²) in [5.74, 6) is -2.04. The van der Waals surface area contributed by atoms with E-state index in [1.54, 1.807) is 24.5 Å². The molecule has 0 aliphatic carbocycles. The van der Waals surface area contributed by atoms with Crippen LogP contribution in [0.5, 0.6) is 0 Å². The highest BCUT2D eigenvalue weighted by Gasteiger charge is 2.47. The van der Waals surface area contributed by atoms with Gasteiger partial charge in [-0.25, -0.2) is 18.7 Å². The predicted molar refractivity (Wildman–Crippen MR) is 150 cm³/mol. The van der Waals surface area contributed by atoms with E-state index < -0.39 is 19.0 Å². The van der Waals surface area contributed by atoms with Gasteiger partial charge in [0.15, 0.2) is 5.82 Å². The van der Waals surface area contributed by atoms with Crippen molar-refractivity contribution in [1.29, 1.82) is 0 Å². The number of benzene rings is 2. The maximum absolute atomic E-state index is 13.5. The van der Waals surface area contributed by atoms with E-state index in [2.05, 4.69) is 20.5 Å². The number of likely N-dealkylation sites (tertiary alicyclic amines) is 1. The Balaban J connectivity index is 1.28. The Labute approximate surface area is 229 Å². The molecule has 3 aromatic heterocycles. The number of rotatable bonds is 8. The number of aromatic nitrogens is 5. The molecule has 2 N–H and O–H groups in total. The molecule has 0 unspecified atom stereocenters. The molecule has 11 heteroatoms. The number of anilines is 2. The summed E-state index contributed by atoms with van der Waals surface area (Å²) in [6.45, 7) is 0.111. The van der Waals surface area contributed by atoms with Crippen LogP contribution >= 0.6 is 0 Å². The molecular formula is C29H28F2N8O. The van der Waals surface area contributed by atoms with Crippen LogP contribution in [-0.2, 0) is 6.54 Å². The largest absolute Gasteiger partial charge is 0.340 e. The molecule has 9 nitrogen and oxygen atoms in total. The number of H-pyrrole nitrogens is 1. The molecule has 1 fully saturated rings. The van der Waals surface area contributed by atoms with E-state index in [1.165, 1.54) is 4.90 Å². The second-order valence-electron chi connectivity index (χ2n) is 10.2. The minimum atomic E-state index is -2.82. The summed E-state index contributed by atoms with van der Waals surface area (Å²) in [5.41, 5.74) is 4.85. The van der Waals surface area contributed by atoms with Crippen molar-refractivity contribution in [2.75, 3.05) is 39.0 Å². The minimum Gasteiger partial charge on any atom is -0.340 e. The number of aromatic amines is 1. The highest BCUT2D eigenvalue weighted by molar-refractivity contribution is 6.00. The average Bonchev–Trinajstić information content (AvgIpc) is 3.59. The van der Waals surface area contributed by atoms with Crippen molar-refractivity contribution in [2.24, 2.45) is 0 Å². The third-order valence-electron chi connectivity index (χ3n) is 6.91. The van der Waals surface area contributed by atoms with Gasteiger partial charge in [-0.15, -0.1) is 0 Å². The third kappa shape index (κ3) is 5.15. The number of carbonyl (C=O) groups is 1. The molecule has 40 heavy (non-hydrogen) atoms. The molecule has 1 saturated heterocycles. The van der Waals surface area contributed by atoms with E-state index in [0.29, 0.717) is 30.4 Å². The second-order valence-corrected chi connectivity index (χ2v) is 10.2. The number of halogens is 2. The molecule has 204 valence electrons. The first-order chi connectivity index (χ1) is 19.3. The Kier molecular flexibility index (Phi) is 6.51. The van der Waals surface area contributed by atoms with Gasteiger partial charge in [-0.05, 0) is 56.1 Å². The number of fused-ring (bicyclic) bond motifs is 1. The highest BCUT2D eigenvalue weighted by atomic mass is 19.3. The van der Waals surface area contributed by atoms with Gasteiger partial charge in [-0.1, -0.05) is 24.3 Å². The Bertz CT molecular complexity index is 1650. The topological polar surface area (TPSA) is 95.0 Å². The maximum atomic E-state index is 13.5. The number of amides is 1. The molecule has 2 aromatic carbocycles. The highest BCUT2D eigenvalue weighted by Crippen LogP contribution is 2.31. The fourth-order valence-corrected chi connectivity index (χ4v) is 4.79. The molecule has 1 aliphatic heterocycles. The minimum absolute atomic E-state index is 0.386. The summed E-state index contributed by atoms with van der Waals surface area (Å²) in [4.78, 5) is 25.5. The molecule has 0 atom stereocenters. The van der Waals surface area contributed by atoms with E-state index in [4.69, 9.17) is 4.98 Å². The van der Waals surface area contributed by atoms with Crippen LogP contribution in [-0.4, -0.2) is 80.1 Å². The number of nitrogens with zero attached hydrogens (tertiary/aromatic N) is 6. The lowest BCUT2D eigenvalue weighted by Gasteiger charge is -2.38. The molecule has 4 heterocycles. The average molecular weight is 543 g/mol. The summed E-state index contributed by atoms with van der Waals surface area (Å²) in [5, 5.41) is 11.1. The number of hydrogen-bond acceptors (Lipinski definition) is 6. The number of hydrogen-bond donors (Lipinski definition) is 2. The number of carbonyl (C=O) groups excluding carboxylic acids is 1. The predicted octanol–water partition coefficient (Wildman–Crippen LogP) is 4.88. The Morgan fingerprint density at radius 2 is 1.80 bits per heavy atom. The SMILES string of the molecule is CN(C)CCn1c(C(=O)N2CC(F)(F)C2)cc2ccc(-c3nccc(Nc4ccc(-c5ccn[nH]5)cc4)n3)cc21. The molecule has 5 aromatic rings. The van der Waals surface area contributed by atoms with E-state index in [9.17, 15) is 13.6 Å². The molecule has 0 spiro atoms. The Morgan fingerprint density at radius 1 is 1.02 bits per heavy atom. The molecule has 0 bridgehead atoms. The van der Waals surface area contributed by atoms with Crippen molar-refractivity contribution in [3.05, 3.63) is 78.8 Å². The van der Waals surface area contributed by atoms with Crippen LogP contribution in [0.15, 0.2) is 73.1 Å².